The number of H-pyrrole nitrogens is 1. The number of carbonyl (C=O) groups excluding carboxylic acids is 1. The van der Waals surface area contributed by atoms with Crippen LogP contribution in [-0.4, -0.2) is 47.9 Å². The van der Waals surface area contributed by atoms with Gasteiger partial charge in [0.2, 0.25) is 0 Å². The summed E-state index contributed by atoms with van der Waals surface area (Å²) in [5.41, 5.74) is 4.37. The van der Waals surface area contributed by atoms with E-state index in [1.54, 1.807) is 7.11 Å². The van der Waals surface area contributed by atoms with E-state index in [0.717, 1.165) is 41.0 Å². The molecule has 2 heterocycles. The molecule has 1 amide bonds. The molecule has 3 aromatic rings. The van der Waals surface area contributed by atoms with E-state index in [9.17, 15) is 4.79 Å². The first-order valence-corrected chi connectivity index (χ1v) is 10.4. The predicted molar refractivity (Wildman–Crippen MR) is 116 cm³/mol. The van der Waals surface area contributed by atoms with Crippen LogP contribution in [-0.2, 0) is 4.74 Å². The van der Waals surface area contributed by atoms with Crippen molar-refractivity contribution in [2.75, 3.05) is 26.9 Å². The van der Waals surface area contributed by atoms with E-state index in [1.807, 2.05) is 59.5 Å². The van der Waals surface area contributed by atoms with Crippen LogP contribution in [0.1, 0.15) is 47.4 Å². The molecule has 156 valence electrons. The lowest BCUT2D eigenvalue weighted by Crippen LogP contribution is -2.31. The third-order valence-electron chi connectivity index (χ3n) is 5.33. The average Bonchev–Trinajstić information content (AvgIpc) is 3.33. The Hall–Kier alpha value is -3.12. The topological polar surface area (TPSA) is 67.5 Å². The van der Waals surface area contributed by atoms with Crippen molar-refractivity contribution in [3.05, 3.63) is 71.4 Å². The predicted octanol–water partition coefficient (Wildman–Crippen LogP) is 4.45. The molecule has 0 fully saturated rings. The van der Waals surface area contributed by atoms with Gasteiger partial charge in [0.1, 0.15) is 11.4 Å². The highest BCUT2D eigenvalue weighted by atomic mass is 16.5. The van der Waals surface area contributed by atoms with Gasteiger partial charge in [0, 0.05) is 31.4 Å². The summed E-state index contributed by atoms with van der Waals surface area (Å²) in [6.45, 7) is 4.00. The van der Waals surface area contributed by atoms with Gasteiger partial charge in [-0.25, -0.2) is 0 Å². The zero-order chi connectivity index (χ0) is 20.9. The molecule has 1 unspecified atom stereocenters. The molecule has 30 heavy (non-hydrogen) atoms. The van der Waals surface area contributed by atoms with Gasteiger partial charge >= 0.3 is 0 Å². The Morgan fingerprint density at radius 2 is 1.83 bits per heavy atom. The van der Waals surface area contributed by atoms with Gasteiger partial charge in [-0.3, -0.25) is 9.89 Å². The maximum atomic E-state index is 13.2. The molecule has 0 radical (unpaired) electrons. The van der Waals surface area contributed by atoms with Crippen LogP contribution in [0.25, 0.3) is 11.3 Å². The lowest BCUT2D eigenvalue weighted by atomic mass is 9.96. The van der Waals surface area contributed by atoms with Crippen LogP contribution in [0.3, 0.4) is 0 Å². The van der Waals surface area contributed by atoms with Gasteiger partial charge in [-0.1, -0.05) is 49.4 Å². The van der Waals surface area contributed by atoms with E-state index in [2.05, 4.69) is 17.1 Å². The van der Waals surface area contributed by atoms with Gasteiger partial charge in [-0.05, 0) is 30.5 Å². The van der Waals surface area contributed by atoms with Crippen LogP contribution in [0.15, 0.2) is 54.6 Å². The standard InChI is InChI=1S/C24H27N3O3/c1-3-15-30-19-12-10-18(11-13-19)23-20-21(17-8-5-4-6-9-17)25-26-22(20)24(28)27(23)14-7-16-29-2/h4-6,8-13,23H,3,7,14-16H2,1-2H3,(H,25,26). The lowest BCUT2D eigenvalue weighted by Gasteiger charge is -2.26. The summed E-state index contributed by atoms with van der Waals surface area (Å²) in [6, 6.07) is 17.8. The van der Waals surface area contributed by atoms with Crippen molar-refractivity contribution in [1.29, 1.82) is 0 Å². The first-order chi connectivity index (χ1) is 14.7. The van der Waals surface area contributed by atoms with Gasteiger partial charge in [0.05, 0.1) is 18.3 Å². The first-order valence-electron chi connectivity index (χ1n) is 10.4. The Morgan fingerprint density at radius 1 is 1.07 bits per heavy atom. The van der Waals surface area contributed by atoms with Crippen molar-refractivity contribution in [2.24, 2.45) is 0 Å². The van der Waals surface area contributed by atoms with Crippen LogP contribution in [0.5, 0.6) is 5.75 Å². The molecule has 6 heteroatoms. The first kappa shape index (κ1) is 20.2. The minimum absolute atomic E-state index is 0.0212. The fraction of sp³-hybridized carbons (Fsp3) is 0.333. The minimum Gasteiger partial charge on any atom is -0.494 e. The van der Waals surface area contributed by atoms with Crippen molar-refractivity contribution in [1.82, 2.24) is 15.1 Å². The number of aromatic nitrogens is 2. The molecule has 0 spiro atoms. The fourth-order valence-corrected chi connectivity index (χ4v) is 3.94. The van der Waals surface area contributed by atoms with Gasteiger partial charge < -0.3 is 14.4 Å². The zero-order valence-corrected chi connectivity index (χ0v) is 17.4. The molecule has 1 atom stereocenters. The molecular weight excluding hydrogens is 378 g/mol. The second-order valence-corrected chi connectivity index (χ2v) is 7.39. The highest BCUT2D eigenvalue weighted by Gasteiger charge is 2.41. The van der Waals surface area contributed by atoms with Crippen molar-refractivity contribution in [3.63, 3.8) is 0 Å². The number of rotatable bonds is 9. The Bertz CT molecular complexity index is 983. The van der Waals surface area contributed by atoms with Crippen LogP contribution < -0.4 is 4.74 Å². The largest absolute Gasteiger partial charge is 0.494 e. The van der Waals surface area contributed by atoms with E-state index < -0.39 is 0 Å². The van der Waals surface area contributed by atoms with Crippen molar-refractivity contribution >= 4 is 5.91 Å². The smallest absolute Gasteiger partial charge is 0.273 e. The van der Waals surface area contributed by atoms with E-state index in [4.69, 9.17) is 9.47 Å². The average molecular weight is 405 g/mol. The SMILES string of the molecule is CCCOc1ccc(C2c3c(-c4ccccc4)n[nH]c3C(=O)N2CCCOC)cc1. The van der Waals surface area contributed by atoms with Crippen molar-refractivity contribution in [2.45, 2.75) is 25.8 Å². The summed E-state index contributed by atoms with van der Waals surface area (Å²) in [4.78, 5) is 15.1. The van der Waals surface area contributed by atoms with Crippen LogP contribution in [0, 0.1) is 0 Å². The number of nitrogens with zero attached hydrogens (tertiary/aromatic N) is 2. The number of fused-ring (bicyclic) bond motifs is 1. The monoisotopic (exact) mass is 405 g/mol. The summed E-state index contributed by atoms with van der Waals surface area (Å²) in [5.74, 6) is 0.818. The number of hydrogen-bond acceptors (Lipinski definition) is 4. The lowest BCUT2D eigenvalue weighted by molar-refractivity contribution is 0.0723. The normalized spacial score (nSPS) is 15.5. The Kier molecular flexibility index (Phi) is 6.14. The molecule has 0 saturated carbocycles. The minimum atomic E-state index is -0.196. The van der Waals surface area contributed by atoms with Gasteiger partial charge in [0.15, 0.2) is 0 Å². The molecule has 0 aliphatic carbocycles. The summed E-state index contributed by atoms with van der Waals surface area (Å²) in [7, 11) is 1.68. The number of amides is 1. The number of hydrogen-bond donors (Lipinski definition) is 1. The Balaban J connectivity index is 1.73. The molecule has 1 N–H and O–H groups in total. The Labute approximate surface area is 176 Å². The maximum absolute atomic E-state index is 13.2. The number of nitrogens with one attached hydrogen (secondary N) is 1. The van der Waals surface area contributed by atoms with Crippen LogP contribution in [0.2, 0.25) is 0 Å². The highest BCUT2D eigenvalue weighted by Crippen LogP contribution is 2.43. The van der Waals surface area contributed by atoms with E-state index in [-0.39, 0.29) is 11.9 Å². The van der Waals surface area contributed by atoms with E-state index in [0.29, 0.717) is 25.5 Å². The molecule has 1 aromatic heterocycles. The second-order valence-electron chi connectivity index (χ2n) is 7.39. The summed E-state index contributed by atoms with van der Waals surface area (Å²) in [6.07, 6.45) is 1.74. The highest BCUT2D eigenvalue weighted by molar-refractivity contribution is 6.00. The molecule has 2 aromatic carbocycles. The summed E-state index contributed by atoms with van der Waals surface area (Å²) >= 11 is 0. The van der Waals surface area contributed by atoms with Crippen LogP contribution in [0.4, 0.5) is 0 Å². The molecule has 0 saturated heterocycles. The second kappa shape index (κ2) is 9.13. The number of carbonyl (C=O) groups is 1. The summed E-state index contributed by atoms with van der Waals surface area (Å²) < 4.78 is 10.9. The number of ether oxygens (including phenoxy) is 2. The molecule has 4 rings (SSSR count). The van der Waals surface area contributed by atoms with Crippen molar-refractivity contribution < 1.29 is 14.3 Å². The third-order valence-corrected chi connectivity index (χ3v) is 5.33. The van der Waals surface area contributed by atoms with Crippen molar-refractivity contribution in [3.8, 4) is 17.0 Å². The molecule has 1 aliphatic rings. The van der Waals surface area contributed by atoms with Crippen LogP contribution >= 0.6 is 0 Å². The quantitative estimate of drug-likeness (QED) is 0.534. The zero-order valence-electron chi connectivity index (χ0n) is 17.4. The molecule has 6 nitrogen and oxygen atoms in total. The number of methoxy groups -OCH3 is 1. The van der Waals surface area contributed by atoms with Gasteiger partial charge in [-0.2, -0.15) is 5.10 Å². The third kappa shape index (κ3) is 3.83. The Morgan fingerprint density at radius 3 is 2.53 bits per heavy atom. The van der Waals surface area contributed by atoms with Gasteiger partial charge in [0.25, 0.3) is 5.91 Å². The maximum Gasteiger partial charge on any atom is 0.273 e. The van der Waals surface area contributed by atoms with E-state index in [1.165, 1.54) is 0 Å². The molecule has 0 bridgehead atoms. The fourth-order valence-electron chi connectivity index (χ4n) is 3.94. The summed E-state index contributed by atoms with van der Waals surface area (Å²) in [5, 5.41) is 7.50. The molecule has 1 aliphatic heterocycles. The molecular formula is C24H27N3O3. The number of benzene rings is 2. The van der Waals surface area contributed by atoms with E-state index >= 15 is 0 Å². The number of aromatic amines is 1. The van der Waals surface area contributed by atoms with Gasteiger partial charge in [-0.15, -0.1) is 0 Å².